The van der Waals surface area contributed by atoms with Crippen LogP contribution in [0.1, 0.15) is 21.5 Å². The van der Waals surface area contributed by atoms with Crippen molar-refractivity contribution in [3.8, 4) is 0 Å². The molecule has 0 amide bonds. The number of halogens is 3. The zero-order valence-corrected chi connectivity index (χ0v) is 11.1. The Hall–Kier alpha value is -1.55. The Morgan fingerprint density at radius 1 is 1.06 bits per heavy atom. The highest BCUT2D eigenvalue weighted by molar-refractivity contribution is 9.10. The Labute approximate surface area is 112 Å². The number of benzene rings is 2. The minimum Gasteiger partial charge on any atom is -0.288 e. The van der Waals surface area contributed by atoms with Crippen LogP contribution in [0.5, 0.6) is 0 Å². The molecule has 0 aromatic heterocycles. The standard InChI is InChI=1S/C14H9BrF2O/c1-8-2-4-10(12(15)6-8)14(18)11-5-3-9(16)7-13(11)17/h2-7H,1H3. The summed E-state index contributed by atoms with van der Waals surface area (Å²) in [6.45, 7) is 1.89. The molecular formula is C14H9BrF2O. The van der Waals surface area contributed by atoms with Gasteiger partial charge >= 0.3 is 0 Å². The summed E-state index contributed by atoms with van der Waals surface area (Å²) in [5.41, 5.74) is 1.20. The van der Waals surface area contributed by atoms with E-state index < -0.39 is 17.4 Å². The molecule has 2 rings (SSSR count). The molecule has 0 heterocycles. The van der Waals surface area contributed by atoms with E-state index in [2.05, 4.69) is 15.9 Å². The van der Waals surface area contributed by atoms with Crippen molar-refractivity contribution in [1.29, 1.82) is 0 Å². The lowest BCUT2D eigenvalue weighted by Crippen LogP contribution is -2.05. The maximum absolute atomic E-state index is 13.5. The van der Waals surface area contributed by atoms with Crippen molar-refractivity contribution in [2.75, 3.05) is 0 Å². The normalized spacial score (nSPS) is 10.4. The van der Waals surface area contributed by atoms with Crippen molar-refractivity contribution in [3.05, 3.63) is 69.2 Å². The van der Waals surface area contributed by atoms with Crippen molar-refractivity contribution in [2.45, 2.75) is 6.92 Å². The number of hydrogen-bond donors (Lipinski definition) is 0. The zero-order valence-electron chi connectivity index (χ0n) is 9.51. The smallest absolute Gasteiger partial charge is 0.197 e. The summed E-state index contributed by atoms with van der Waals surface area (Å²) in [4.78, 5) is 12.1. The molecule has 0 aliphatic carbocycles. The second kappa shape index (κ2) is 4.98. The fraction of sp³-hybridized carbons (Fsp3) is 0.0714. The van der Waals surface area contributed by atoms with Gasteiger partial charge in [-0.15, -0.1) is 0 Å². The zero-order chi connectivity index (χ0) is 13.3. The highest BCUT2D eigenvalue weighted by atomic mass is 79.9. The first-order valence-electron chi connectivity index (χ1n) is 5.25. The van der Waals surface area contributed by atoms with E-state index in [9.17, 15) is 13.6 Å². The Morgan fingerprint density at radius 2 is 1.72 bits per heavy atom. The van der Waals surface area contributed by atoms with Crippen molar-refractivity contribution < 1.29 is 13.6 Å². The topological polar surface area (TPSA) is 17.1 Å². The van der Waals surface area contributed by atoms with Crippen LogP contribution >= 0.6 is 15.9 Å². The predicted molar refractivity (Wildman–Crippen MR) is 68.7 cm³/mol. The lowest BCUT2D eigenvalue weighted by Gasteiger charge is -2.06. The molecule has 1 nitrogen and oxygen atoms in total. The SMILES string of the molecule is Cc1ccc(C(=O)c2ccc(F)cc2F)c(Br)c1. The second-order valence-corrected chi connectivity index (χ2v) is 4.79. The van der Waals surface area contributed by atoms with Gasteiger partial charge in [0.15, 0.2) is 5.78 Å². The van der Waals surface area contributed by atoms with Gasteiger partial charge in [-0.3, -0.25) is 4.79 Å². The largest absolute Gasteiger partial charge is 0.288 e. The van der Waals surface area contributed by atoms with Crippen LogP contribution in [0, 0.1) is 18.6 Å². The first-order valence-corrected chi connectivity index (χ1v) is 6.04. The van der Waals surface area contributed by atoms with E-state index in [1.165, 1.54) is 0 Å². The van der Waals surface area contributed by atoms with Crippen molar-refractivity contribution in [1.82, 2.24) is 0 Å². The molecule has 92 valence electrons. The fourth-order valence-electron chi connectivity index (χ4n) is 1.62. The van der Waals surface area contributed by atoms with Gasteiger partial charge in [0, 0.05) is 16.1 Å². The van der Waals surface area contributed by atoms with E-state index in [0.717, 1.165) is 17.7 Å². The van der Waals surface area contributed by atoms with E-state index in [1.54, 1.807) is 18.2 Å². The third kappa shape index (κ3) is 2.48. The Kier molecular flexibility index (Phi) is 3.57. The Balaban J connectivity index is 2.48. The summed E-state index contributed by atoms with van der Waals surface area (Å²) in [5, 5.41) is 0. The van der Waals surface area contributed by atoms with Gasteiger partial charge in [-0.25, -0.2) is 8.78 Å². The summed E-state index contributed by atoms with van der Waals surface area (Å²) in [6, 6.07) is 8.08. The van der Waals surface area contributed by atoms with Crippen molar-refractivity contribution in [2.24, 2.45) is 0 Å². The van der Waals surface area contributed by atoms with Crippen molar-refractivity contribution in [3.63, 3.8) is 0 Å². The number of rotatable bonds is 2. The monoisotopic (exact) mass is 310 g/mol. The molecular weight excluding hydrogens is 302 g/mol. The molecule has 0 bridgehead atoms. The minimum absolute atomic E-state index is 0.138. The molecule has 2 aromatic rings. The summed E-state index contributed by atoms with van der Waals surface area (Å²) < 4.78 is 26.9. The first-order chi connectivity index (χ1) is 8.49. The third-order valence-electron chi connectivity index (χ3n) is 2.54. The van der Waals surface area contributed by atoms with Gasteiger partial charge < -0.3 is 0 Å². The van der Waals surface area contributed by atoms with Crippen LogP contribution in [-0.2, 0) is 0 Å². The highest BCUT2D eigenvalue weighted by Gasteiger charge is 2.16. The highest BCUT2D eigenvalue weighted by Crippen LogP contribution is 2.23. The van der Waals surface area contributed by atoms with Gasteiger partial charge in [0.1, 0.15) is 11.6 Å². The molecule has 0 fully saturated rings. The molecule has 18 heavy (non-hydrogen) atoms. The van der Waals surface area contributed by atoms with Crippen LogP contribution < -0.4 is 0 Å². The average molecular weight is 311 g/mol. The van der Waals surface area contributed by atoms with E-state index >= 15 is 0 Å². The van der Waals surface area contributed by atoms with Crippen LogP contribution in [0.25, 0.3) is 0 Å². The second-order valence-electron chi connectivity index (χ2n) is 3.94. The molecule has 0 atom stereocenters. The van der Waals surface area contributed by atoms with E-state index in [1.807, 2.05) is 6.92 Å². The van der Waals surface area contributed by atoms with E-state index in [4.69, 9.17) is 0 Å². The van der Waals surface area contributed by atoms with E-state index in [0.29, 0.717) is 16.1 Å². The summed E-state index contributed by atoms with van der Waals surface area (Å²) in [5.74, 6) is -2.03. The van der Waals surface area contributed by atoms with Gasteiger partial charge in [-0.1, -0.05) is 22.0 Å². The molecule has 0 aliphatic heterocycles. The molecule has 0 spiro atoms. The minimum atomic E-state index is -0.854. The number of aryl methyl sites for hydroxylation is 1. The number of hydrogen-bond acceptors (Lipinski definition) is 1. The number of ketones is 1. The van der Waals surface area contributed by atoms with Gasteiger partial charge in [0.2, 0.25) is 0 Å². The molecule has 0 saturated heterocycles. The molecule has 0 unspecified atom stereocenters. The lowest BCUT2D eigenvalue weighted by molar-refractivity contribution is 0.103. The summed E-state index contributed by atoms with van der Waals surface area (Å²) in [7, 11) is 0. The quantitative estimate of drug-likeness (QED) is 0.757. The molecule has 0 N–H and O–H groups in total. The lowest BCUT2D eigenvalue weighted by atomic mass is 10.0. The predicted octanol–water partition coefficient (Wildman–Crippen LogP) is 4.27. The fourth-order valence-corrected chi connectivity index (χ4v) is 2.30. The van der Waals surface area contributed by atoms with Gasteiger partial charge in [0.25, 0.3) is 0 Å². The molecule has 4 heteroatoms. The van der Waals surface area contributed by atoms with E-state index in [-0.39, 0.29) is 5.56 Å². The number of carbonyl (C=O) groups is 1. The maximum atomic E-state index is 13.5. The molecule has 0 aliphatic rings. The van der Waals surface area contributed by atoms with Gasteiger partial charge in [-0.05, 0) is 36.8 Å². The maximum Gasteiger partial charge on any atom is 0.197 e. The summed E-state index contributed by atoms with van der Waals surface area (Å²) >= 11 is 3.27. The van der Waals surface area contributed by atoms with Crippen LogP contribution in [0.15, 0.2) is 40.9 Å². The van der Waals surface area contributed by atoms with Crippen LogP contribution in [-0.4, -0.2) is 5.78 Å². The van der Waals surface area contributed by atoms with Crippen LogP contribution in [0.4, 0.5) is 8.78 Å². The number of carbonyl (C=O) groups excluding carboxylic acids is 1. The Morgan fingerprint density at radius 3 is 2.33 bits per heavy atom. The van der Waals surface area contributed by atoms with Crippen molar-refractivity contribution >= 4 is 21.7 Å². The molecule has 2 aromatic carbocycles. The molecule has 0 saturated carbocycles. The van der Waals surface area contributed by atoms with Gasteiger partial charge in [0.05, 0.1) is 5.56 Å². The molecule has 0 radical (unpaired) electrons. The summed E-state index contributed by atoms with van der Waals surface area (Å²) in [6.07, 6.45) is 0. The average Bonchev–Trinajstić information content (AvgIpc) is 2.28. The third-order valence-corrected chi connectivity index (χ3v) is 3.20. The van der Waals surface area contributed by atoms with Crippen LogP contribution in [0.3, 0.4) is 0 Å². The van der Waals surface area contributed by atoms with Gasteiger partial charge in [-0.2, -0.15) is 0 Å². The Bertz CT molecular complexity index is 570. The van der Waals surface area contributed by atoms with Crippen LogP contribution in [0.2, 0.25) is 0 Å². The first kappa shape index (κ1) is 12.9.